The van der Waals surface area contributed by atoms with Gasteiger partial charge in [-0.2, -0.15) is 0 Å². The third-order valence-corrected chi connectivity index (χ3v) is 3.17. The molecule has 1 N–H and O–H groups in total. The van der Waals surface area contributed by atoms with Gasteiger partial charge in [0.1, 0.15) is 11.4 Å². The van der Waals surface area contributed by atoms with Crippen LogP contribution < -0.4 is 5.32 Å². The maximum absolute atomic E-state index is 12.1. The van der Waals surface area contributed by atoms with Crippen molar-refractivity contribution in [1.29, 1.82) is 0 Å². The van der Waals surface area contributed by atoms with E-state index < -0.39 is 5.60 Å². The number of rotatable bonds is 4. The van der Waals surface area contributed by atoms with Crippen LogP contribution in [0.1, 0.15) is 39.4 Å². The van der Waals surface area contributed by atoms with Crippen LogP contribution in [0.25, 0.3) is 0 Å². The molecule has 1 atom stereocenters. The maximum Gasteiger partial charge on any atom is 0.410 e. The summed E-state index contributed by atoms with van der Waals surface area (Å²) in [5.41, 5.74) is -0.447. The molecule has 0 aliphatic carbocycles. The van der Waals surface area contributed by atoms with Gasteiger partial charge < -0.3 is 19.4 Å². The average Bonchev–Trinajstić information content (AvgIpc) is 2.97. The second-order valence-electron chi connectivity index (χ2n) is 6.07. The summed E-state index contributed by atoms with van der Waals surface area (Å²) in [6, 6.07) is 0.188. The molecule has 112 valence electrons. The van der Waals surface area contributed by atoms with E-state index in [1.54, 1.807) is 6.20 Å². The fraction of sp³-hybridized carbons (Fsp3) is 0.714. The molecule has 1 aliphatic rings. The van der Waals surface area contributed by atoms with Crippen LogP contribution in [-0.2, 0) is 11.3 Å². The van der Waals surface area contributed by atoms with Gasteiger partial charge in [-0.25, -0.2) is 9.78 Å². The number of likely N-dealkylation sites (tertiary alicyclic amines) is 1. The van der Waals surface area contributed by atoms with Crippen LogP contribution in [0.2, 0.25) is 0 Å². The maximum atomic E-state index is 12.1. The number of hydrogen-bond donors (Lipinski definition) is 1. The second-order valence-corrected chi connectivity index (χ2v) is 6.07. The highest BCUT2D eigenvalue weighted by Crippen LogP contribution is 2.20. The molecule has 1 amide bonds. The molecule has 1 aromatic heterocycles. The van der Waals surface area contributed by atoms with E-state index in [9.17, 15) is 4.79 Å². The van der Waals surface area contributed by atoms with E-state index in [4.69, 9.17) is 9.15 Å². The summed E-state index contributed by atoms with van der Waals surface area (Å²) in [6.07, 6.45) is 4.91. The van der Waals surface area contributed by atoms with Gasteiger partial charge in [0.05, 0.1) is 12.7 Å². The van der Waals surface area contributed by atoms with Crippen molar-refractivity contribution in [2.24, 2.45) is 0 Å². The molecule has 0 saturated carbocycles. The molecule has 0 bridgehead atoms. The summed E-state index contributed by atoms with van der Waals surface area (Å²) >= 11 is 0. The number of carbonyl (C=O) groups excluding carboxylic acids is 1. The van der Waals surface area contributed by atoms with Gasteiger partial charge in [-0.15, -0.1) is 0 Å². The van der Waals surface area contributed by atoms with Crippen molar-refractivity contribution in [3.8, 4) is 0 Å². The largest absolute Gasteiger partial charge is 0.447 e. The zero-order valence-electron chi connectivity index (χ0n) is 12.4. The molecular weight excluding hydrogens is 258 g/mol. The molecule has 20 heavy (non-hydrogen) atoms. The first-order chi connectivity index (χ1) is 9.46. The van der Waals surface area contributed by atoms with Crippen LogP contribution in [0.5, 0.6) is 0 Å². The van der Waals surface area contributed by atoms with Crippen LogP contribution >= 0.6 is 0 Å². The lowest BCUT2D eigenvalue weighted by molar-refractivity contribution is 0.0226. The Bertz CT molecular complexity index is 425. The van der Waals surface area contributed by atoms with Crippen molar-refractivity contribution in [2.45, 2.75) is 51.8 Å². The first kappa shape index (κ1) is 14.8. The van der Waals surface area contributed by atoms with Gasteiger partial charge in [0.2, 0.25) is 0 Å². The van der Waals surface area contributed by atoms with E-state index in [1.165, 1.54) is 6.39 Å². The van der Waals surface area contributed by atoms with Crippen molar-refractivity contribution in [3.05, 3.63) is 18.4 Å². The zero-order chi connectivity index (χ0) is 14.6. The van der Waals surface area contributed by atoms with E-state index in [0.29, 0.717) is 6.54 Å². The standard InChI is InChI=1S/C14H23N3O3/c1-14(2,3)20-13(18)17-6-4-5-11(17)7-15-8-12-9-16-10-19-12/h9-11,15H,4-8H2,1-3H3. The molecular formula is C14H23N3O3. The molecule has 0 spiro atoms. The van der Waals surface area contributed by atoms with Crippen molar-refractivity contribution >= 4 is 6.09 Å². The molecule has 1 fully saturated rings. The van der Waals surface area contributed by atoms with Gasteiger partial charge in [-0.05, 0) is 33.6 Å². The van der Waals surface area contributed by atoms with E-state index in [-0.39, 0.29) is 12.1 Å². The topological polar surface area (TPSA) is 67.6 Å². The number of carbonyl (C=O) groups is 1. The molecule has 1 aromatic rings. The summed E-state index contributed by atoms with van der Waals surface area (Å²) in [7, 11) is 0. The molecule has 1 unspecified atom stereocenters. The Morgan fingerprint density at radius 1 is 1.60 bits per heavy atom. The molecule has 0 radical (unpaired) electrons. The monoisotopic (exact) mass is 281 g/mol. The highest BCUT2D eigenvalue weighted by molar-refractivity contribution is 5.69. The van der Waals surface area contributed by atoms with Gasteiger partial charge in [0, 0.05) is 19.1 Å². The van der Waals surface area contributed by atoms with Gasteiger partial charge in [-0.1, -0.05) is 0 Å². The Labute approximate surface area is 119 Å². The normalized spacial score (nSPS) is 19.4. The fourth-order valence-corrected chi connectivity index (χ4v) is 2.30. The van der Waals surface area contributed by atoms with Gasteiger partial charge in [0.15, 0.2) is 6.39 Å². The smallest absolute Gasteiger partial charge is 0.410 e. The summed E-state index contributed by atoms with van der Waals surface area (Å²) in [5.74, 6) is 0.798. The number of hydrogen-bond acceptors (Lipinski definition) is 5. The number of aromatic nitrogens is 1. The molecule has 1 saturated heterocycles. The van der Waals surface area contributed by atoms with Crippen molar-refractivity contribution in [2.75, 3.05) is 13.1 Å². The summed E-state index contributed by atoms with van der Waals surface area (Å²) in [4.78, 5) is 17.8. The van der Waals surface area contributed by atoms with Crippen molar-refractivity contribution < 1.29 is 13.9 Å². The minimum absolute atomic E-state index is 0.188. The predicted molar refractivity (Wildman–Crippen MR) is 74.2 cm³/mol. The van der Waals surface area contributed by atoms with Gasteiger partial charge in [0.25, 0.3) is 0 Å². The molecule has 2 heterocycles. The van der Waals surface area contributed by atoms with Crippen LogP contribution in [-0.4, -0.2) is 40.7 Å². The van der Waals surface area contributed by atoms with E-state index >= 15 is 0 Å². The van der Waals surface area contributed by atoms with Crippen LogP contribution in [0.4, 0.5) is 4.79 Å². The highest BCUT2D eigenvalue weighted by atomic mass is 16.6. The number of oxazole rings is 1. The average molecular weight is 281 g/mol. The van der Waals surface area contributed by atoms with Gasteiger partial charge in [-0.3, -0.25) is 0 Å². The Morgan fingerprint density at radius 3 is 3.05 bits per heavy atom. The van der Waals surface area contributed by atoms with Crippen molar-refractivity contribution in [1.82, 2.24) is 15.2 Å². The van der Waals surface area contributed by atoms with Crippen LogP contribution in [0.3, 0.4) is 0 Å². The minimum atomic E-state index is -0.447. The van der Waals surface area contributed by atoms with E-state index in [0.717, 1.165) is 31.7 Å². The lowest BCUT2D eigenvalue weighted by Gasteiger charge is -2.28. The quantitative estimate of drug-likeness (QED) is 0.916. The Hall–Kier alpha value is -1.56. The number of amides is 1. The molecule has 0 aromatic carbocycles. The molecule has 6 heteroatoms. The van der Waals surface area contributed by atoms with Crippen LogP contribution in [0.15, 0.2) is 17.0 Å². The Kier molecular flexibility index (Phi) is 4.65. The number of ether oxygens (including phenoxy) is 1. The molecule has 6 nitrogen and oxygen atoms in total. The first-order valence-electron chi connectivity index (χ1n) is 7.03. The summed E-state index contributed by atoms with van der Waals surface area (Å²) in [6.45, 7) is 7.79. The number of nitrogens with one attached hydrogen (secondary N) is 1. The van der Waals surface area contributed by atoms with E-state index in [2.05, 4.69) is 10.3 Å². The predicted octanol–water partition coefficient (Wildman–Crippen LogP) is 2.16. The minimum Gasteiger partial charge on any atom is -0.447 e. The van der Waals surface area contributed by atoms with Gasteiger partial charge >= 0.3 is 6.09 Å². The summed E-state index contributed by atoms with van der Waals surface area (Å²) in [5, 5.41) is 3.29. The highest BCUT2D eigenvalue weighted by Gasteiger charge is 2.31. The molecule has 1 aliphatic heterocycles. The third kappa shape index (κ3) is 4.23. The van der Waals surface area contributed by atoms with E-state index in [1.807, 2.05) is 25.7 Å². The fourth-order valence-electron chi connectivity index (χ4n) is 2.30. The molecule has 2 rings (SSSR count). The second kappa shape index (κ2) is 6.26. The zero-order valence-corrected chi connectivity index (χ0v) is 12.4. The lowest BCUT2D eigenvalue weighted by atomic mass is 10.2. The third-order valence-electron chi connectivity index (χ3n) is 3.17. The van der Waals surface area contributed by atoms with Crippen molar-refractivity contribution in [3.63, 3.8) is 0 Å². The Balaban J connectivity index is 1.79. The lowest BCUT2D eigenvalue weighted by Crippen LogP contribution is -2.43. The number of nitrogens with zero attached hydrogens (tertiary/aromatic N) is 2. The Morgan fingerprint density at radius 2 is 2.40 bits per heavy atom. The van der Waals surface area contributed by atoms with Crippen LogP contribution in [0, 0.1) is 0 Å². The SMILES string of the molecule is CC(C)(C)OC(=O)N1CCCC1CNCc1cnco1. The summed E-state index contributed by atoms with van der Waals surface area (Å²) < 4.78 is 10.6. The first-order valence-corrected chi connectivity index (χ1v) is 7.03.